The number of amides is 1. The van der Waals surface area contributed by atoms with Crippen molar-refractivity contribution in [3.63, 3.8) is 0 Å². The Morgan fingerprint density at radius 1 is 1.25 bits per heavy atom. The third-order valence-corrected chi connectivity index (χ3v) is 3.98. The van der Waals surface area contributed by atoms with Crippen molar-refractivity contribution in [1.82, 2.24) is 0 Å². The third kappa shape index (κ3) is 3.46. The summed E-state index contributed by atoms with van der Waals surface area (Å²) in [6.07, 6.45) is 0. The summed E-state index contributed by atoms with van der Waals surface area (Å²) in [4.78, 5) is 12.3. The molecule has 0 aliphatic rings. The van der Waals surface area contributed by atoms with E-state index < -0.39 is 0 Å². The van der Waals surface area contributed by atoms with Crippen LogP contribution in [0.4, 0.5) is 5.69 Å². The number of halogens is 1. The average Bonchev–Trinajstić information content (AvgIpc) is 2.42. The van der Waals surface area contributed by atoms with Gasteiger partial charge in [0.2, 0.25) is 0 Å². The van der Waals surface area contributed by atoms with E-state index in [-0.39, 0.29) is 5.91 Å². The van der Waals surface area contributed by atoms with Gasteiger partial charge in [0.1, 0.15) is 0 Å². The zero-order valence-electron chi connectivity index (χ0n) is 11.4. The molecule has 1 amide bonds. The van der Waals surface area contributed by atoms with Crippen LogP contribution in [0, 0.1) is 6.92 Å². The van der Waals surface area contributed by atoms with E-state index in [0.717, 1.165) is 21.3 Å². The maximum atomic E-state index is 12.3. The Morgan fingerprint density at radius 3 is 2.75 bits per heavy atom. The molecule has 0 aromatic heterocycles. The minimum atomic E-state index is -0.129. The SMILES string of the molecule is COCc1cccc(NC(=O)c2cccc(C)c2Br)c1. The van der Waals surface area contributed by atoms with Gasteiger partial charge in [-0.1, -0.05) is 24.3 Å². The fourth-order valence-electron chi connectivity index (χ4n) is 1.93. The lowest BCUT2D eigenvalue weighted by atomic mass is 10.1. The third-order valence-electron chi connectivity index (χ3n) is 2.93. The lowest BCUT2D eigenvalue weighted by Crippen LogP contribution is -2.13. The van der Waals surface area contributed by atoms with Crippen LogP contribution in [-0.2, 0) is 11.3 Å². The van der Waals surface area contributed by atoms with E-state index in [9.17, 15) is 4.79 Å². The molecule has 0 unspecified atom stereocenters. The normalized spacial score (nSPS) is 10.3. The van der Waals surface area contributed by atoms with E-state index in [2.05, 4.69) is 21.2 Å². The molecule has 20 heavy (non-hydrogen) atoms. The fraction of sp³-hybridized carbons (Fsp3) is 0.188. The van der Waals surface area contributed by atoms with Crippen LogP contribution in [0.1, 0.15) is 21.5 Å². The van der Waals surface area contributed by atoms with Gasteiger partial charge in [-0.3, -0.25) is 4.79 Å². The Hall–Kier alpha value is -1.65. The molecule has 2 rings (SSSR count). The zero-order valence-corrected chi connectivity index (χ0v) is 13.0. The van der Waals surface area contributed by atoms with Crippen molar-refractivity contribution in [2.45, 2.75) is 13.5 Å². The first kappa shape index (κ1) is 14.8. The number of hydrogen-bond acceptors (Lipinski definition) is 2. The largest absolute Gasteiger partial charge is 0.380 e. The van der Waals surface area contributed by atoms with Gasteiger partial charge >= 0.3 is 0 Å². The van der Waals surface area contributed by atoms with Crippen molar-refractivity contribution >= 4 is 27.5 Å². The highest BCUT2D eigenvalue weighted by molar-refractivity contribution is 9.10. The van der Waals surface area contributed by atoms with Crippen LogP contribution in [0.2, 0.25) is 0 Å². The number of nitrogens with one attached hydrogen (secondary N) is 1. The molecule has 0 saturated carbocycles. The molecule has 0 aliphatic heterocycles. The van der Waals surface area contributed by atoms with Gasteiger partial charge in [0, 0.05) is 17.3 Å². The number of aryl methyl sites for hydroxylation is 1. The number of carbonyl (C=O) groups is 1. The van der Waals surface area contributed by atoms with E-state index in [4.69, 9.17) is 4.74 Å². The van der Waals surface area contributed by atoms with E-state index in [0.29, 0.717) is 12.2 Å². The zero-order chi connectivity index (χ0) is 14.5. The van der Waals surface area contributed by atoms with Crippen LogP contribution in [0.15, 0.2) is 46.9 Å². The van der Waals surface area contributed by atoms with Gasteiger partial charge in [-0.25, -0.2) is 0 Å². The molecular weight excluding hydrogens is 318 g/mol. The number of methoxy groups -OCH3 is 1. The fourth-order valence-corrected chi connectivity index (χ4v) is 2.37. The summed E-state index contributed by atoms with van der Waals surface area (Å²) in [5.74, 6) is -0.129. The topological polar surface area (TPSA) is 38.3 Å². The lowest BCUT2D eigenvalue weighted by molar-refractivity contribution is 0.102. The first-order chi connectivity index (χ1) is 9.61. The maximum absolute atomic E-state index is 12.3. The molecule has 2 aromatic carbocycles. The molecule has 0 fully saturated rings. The summed E-state index contributed by atoms with van der Waals surface area (Å²) in [5, 5.41) is 2.90. The maximum Gasteiger partial charge on any atom is 0.256 e. The van der Waals surface area contributed by atoms with Crippen LogP contribution < -0.4 is 5.32 Å². The second-order valence-corrected chi connectivity index (χ2v) is 5.32. The van der Waals surface area contributed by atoms with Crippen molar-refractivity contribution in [3.8, 4) is 0 Å². The highest BCUT2D eigenvalue weighted by Gasteiger charge is 2.11. The summed E-state index contributed by atoms with van der Waals surface area (Å²) in [7, 11) is 1.65. The van der Waals surface area contributed by atoms with E-state index >= 15 is 0 Å². The molecule has 0 heterocycles. The average molecular weight is 334 g/mol. The Kier molecular flexibility index (Phi) is 4.93. The molecule has 4 heteroatoms. The molecule has 0 aliphatic carbocycles. The van der Waals surface area contributed by atoms with Gasteiger partial charge in [0.05, 0.1) is 12.2 Å². The van der Waals surface area contributed by atoms with Crippen LogP contribution in [0.3, 0.4) is 0 Å². The Balaban J connectivity index is 2.19. The first-order valence-electron chi connectivity index (χ1n) is 6.26. The number of carbonyl (C=O) groups excluding carboxylic acids is 1. The van der Waals surface area contributed by atoms with Gasteiger partial charge < -0.3 is 10.1 Å². The van der Waals surface area contributed by atoms with E-state index in [1.165, 1.54) is 0 Å². The molecule has 0 bridgehead atoms. The summed E-state index contributed by atoms with van der Waals surface area (Å²) < 4.78 is 5.91. The van der Waals surface area contributed by atoms with E-state index in [1.54, 1.807) is 13.2 Å². The summed E-state index contributed by atoms with van der Waals surface area (Å²) in [5.41, 5.74) is 3.44. The number of rotatable bonds is 4. The van der Waals surface area contributed by atoms with Gasteiger partial charge in [-0.15, -0.1) is 0 Å². The molecule has 104 valence electrons. The second-order valence-electron chi connectivity index (χ2n) is 4.52. The number of hydrogen-bond donors (Lipinski definition) is 1. The minimum absolute atomic E-state index is 0.129. The number of ether oxygens (including phenoxy) is 1. The predicted octanol–water partition coefficient (Wildman–Crippen LogP) is 4.16. The molecule has 2 aromatic rings. The van der Waals surface area contributed by atoms with Crippen molar-refractivity contribution in [1.29, 1.82) is 0 Å². The van der Waals surface area contributed by atoms with Crippen LogP contribution in [-0.4, -0.2) is 13.0 Å². The molecule has 3 nitrogen and oxygen atoms in total. The monoisotopic (exact) mass is 333 g/mol. The smallest absolute Gasteiger partial charge is 0.256 e. The number of benzene rings is 2. The van der Waals surface area contributed by atoms with E-state index in [1.807, 2.05) is 43.3 Å². The summed E-state index contributed by atoms with van der Waals surface area (Å²) >= 11 is 3.45. The molecule has 0 saturated heterocycles. The summed E-state index contributed by atoms with van der Waals surface area (Å²) in [6, 6.07) is 13.3. The van der Waals surface area contributed by atoms with Crippen LogP contribution in [0.5, 0.6) is 0 Å². The van der Waals surface area contributed by atoms with Gasteiger partial charge in [0.15, 0.2) is 0 Å². The number of anilines is 1. The Bertz CT molecular complexity index is 626. The first-order valence-corrected chi connectivity index (χ1v) is 7.05. The molecular formula is C16H16BrNO2. The van der Waals surface area contributed by atoms with Crippen molar-refractivity contribution in [2.75, 3.05) is 12.4 Å². The standard InChI is InChI=1S/C16H16BrNO2/c1-11-5-3-8-14(15(11)17)16(19)18-13-7-4-6-12(9-13)10-20-2/h3-9H,10H2,1-2H3,(H,18,19). The Morgan fingerprint density at radius 2 is 2.00 bits per heavy atom. The molecule has 0 spiro atoms. The minimum Gasteiger partial charge on any atom is -0.380 e. The molecule has 0 radical (unpaired) electrons. The van der Waals surface area contributed by atoms with Gasteiger partial charge in [0.25, 0.3) is 5.91 Å². The van der Waals surface area contributed by atoms with Crippen molar-refractivity contribution in [3.05, 3.63) is 63.6 Å². The molecule has 1 N–H and O–H groups in total. The van der Waals surface area contributed by atoms with Gasteiger partial charge in [-0.05, 0) is 52.2 Å². The highest BCUT2D eigenvalue weighted by Crippen LogP contribution is 2.22. The quantitative estimate of drug-likeness (QED) is 0.912. The van der Waals surface area contributed by atoms with Crippen LogP contribution >= 0.6 is 15.9 Å². The van der Waals surface area contributed by atoms with Crippen molar-refractivity contribution in [2.24, 2.45) is 0 Å². The summed E-state index contributed by atoms with van der Waals surface area (Å²) in [6.45, 7) is 2.48. The predicted molar refractivity (Wildman–Crippen MR) is 84.0 cm³/mol. The van der Waals surface area contributed by atoms with Crippen molar-refractivity contribution < 1.29 is 9.53 Å². The van der Waals surface area contributed by atoms with Crippen LogP contribution in [0.25, 0.3) is 0 Å². The Labute approximate surface area is 127 Å². The van der Waals surface area contributed by atoms with Gasteiger partial charge in [-0.2, -0.15) is 0 Å². The second kappa shape index (κ2) is 6.68. The molecule has 0 atom stereocenters. The highest BCUT2D eigenvalue weighted by atomic mass is 79.9. The lowest BCUT2D eigenvalue weighted by Gasteiger charge is -2.09.